The molecule has 0 saturated carbocycles. The van der Waals surface area contributed by atoms with Gasteiger partial charge in [0.1, 0.15) is 5.75 Å². The number of halogens is 1. The fraction of sp³-hybridized carbons (Fsp3) is 0.500. The zero-order valence-corrected chi connectivity index (χ0v) is 10.4. The number of hydrogen-bond acceptors (Lipinski definition) is 2. The lowest BCUT2D eigenvalue weighted by Crippen LogP contribution is -2.18. The van der Waals surface area contributed by atoms with Gasteiger partial charge in [0, 0.05) is 10.6 Å². The van der Waals surface area contributed by atoms with Gasteiger partial charge in [0.05, 0.1) is 19.3 Å². The van der Waals surface area contributed by atoms with Crippen molar-refractivity contribution < 1.29 is 9.47 Å². The summed E-state index contributed by atoms with van der Waals surface area (Å²) in [4.78, 5) is 0. The van der Waals surface area contributed by atoms with Crippen molar-refractivity contribution in [3.63, 3.8) is 0 Å². The Labute approximate surface area is 96.2 Å². The summed E-state index contributed by atoms with van der Waals surface area (Å²) in [7, 11) is 1.63. The topological polar surface area (TPSA) is 18.5 Å². The predicted molar refractivity (Wildman–Crippen MR) is 62.5 cm³/mol. The molecule has 1 aromatic carbocycles. The third kappa shape index (κ3) is 4.10. The quantitative estimate of drug-likeness (QED) is 0.786. The molecule has 0 spiro atoms. The van der Waals surface area contributed by atoms with Crippen LogP contribution in [0.4, 0.5) is 0 Å². The summed E-state index contributed by atoms with van der Waals surface area (Å²) in [5.74, 6) is 0.770. The van der Waals surface area contributed by atoms with Gasteiger partial charge in [0.15, 0.2) is 0 Å². The number of hydrogen-bond donors (Lipinski definition) is 0. The molecule has 0 fully saturated rings. The van der Waals surface area contributed by atoms with Gasteiger partial charge in [0.2, 0.25) is 0 Å². The molecule has 0 aliphatic heterocycles. The van der Waals surface area contributed by atoms with Crippen LogP contribution in [-0.4, -0.2) is 12.7 Å². The van der Waals surface area contributed by atoms with E-state index in [1.807, 2.05) is 32.9 Å². The first-order chi connectivity index (χ1) is 6.92. The van der Waals surface area contributed by atoms with Gasteiger partial charge >= 0.3 is 0 Å². The van der Waals surface area contributed by atoms with Gasteiger partial charge < -0.3 is 9.47 Å². The van der Waals surface area contributed by atoms with Crippen LogP contribution in [0.5, 0.6) is 5.75 Å². The van der Waals surface area contributed by atoms with Crippen LogP contribution in [0.2, 0.25) is 5.02 Å². The zero-order valence-electron chi connectivity index (χ0n) is 9.63. The van der Waals surface area contributed by atoms with E-state index in [1.54, 1.807) is 13.2 Å². The second-order valence-electron chi connectivity index (χ2n) is 4.36. The summed E-state index contributed by atoms with van der Waals surface area (Å²) in [6, 6.07) is 5.56. The summed E-state index contributed by atoms with van der Waals surface area (Å²) in [5, 5.41) is 0.673. The molecule has 0 radical (unpaired) electrons. The lowest BCUT2D eigenvalue weighted by Gasteiger charge is -2.20. The standard InChI is InChI=1S/C12H17ClO2/c1-12(2,3)15-8-9-5-6-10(13)7-11(9)14-4/h5-7H,8H2,1-4H3. The molecule has 15 heavy (non-hydrogen) atoms. The lowest BCUT2D eigenvalue weighted by molar-refractivity contribution is -0.0156. The molecule has 0 amide bonds. The fourth-order valence-corrected chi connectivity index (χ4v) is 1.29. The van der Waals surface area contributed by atoms with E-state index >= 15 is 0 Å². The minimum Gasteiger partial charge on any atom is -0.496 e. The molecule has 0 unspecified atom stereocenters. The smallest absolute Gasteiger partial charge is 0.125 e. The van der Waals surface area contributed by atoms with Crippen LogP contribution in [0.3, 0.4) is 0 Å². The van der Waals surface area contributed by atoms with Crippen LogP contribution in [0, 0.1) is 0 Å². The van der Waals surface area contributed by atoms with E-state index in [0.717, 1.165) is 11.3 Å². The molecule has 0 heterocycles. The minimum atomic E-state index is -0.148. The molecule has 0 aliphatic carbocycles. The molecule has 0 atom stereocenters. The van der Waals surface area contributed by atoms with Crippen LogP contribution < -0.4 is 4.74 Å². The highest BCUT2D eigenvalue weighted by Crippen LogP contribution is 2.25. The van der Waals surface area contributed by atoms with Crippen LogP contribution >= 0.6 is 11.6 Å². The van der Waals surface area contributed by atoms with Crippen LogP contribution in [0.1, 0.15) is 26.3 Å². The maximum Gasteiger partial charge on any atom is 0.125 e. The highest BCUT2D eigenvalue weighted by Gasteiger charge is 2.12. The van der Waals surface area contributed by atoms with Gasteiger partial charge in [-0.3, -0.25) is 0 Å². The van der Waals surface area contributed by atoms with Crippen LogP contribution in [0.25, 0.3) is 0 Å². The maximum atomic E-state index is 5.86. The molecule has 1 rings (SSSR count). The maximum absolute atomic E-state index is 5.86. The SMILES string of the molecule is COc1cc(Cl)ccc1COC(C)(C)C. The lowest BCUT2D eigenvalue weighted by atomic mass is 10.1. The minimum absolute atomic E-state index is 0.148. The number of rotatable bonds is 3. The molecular formula is C12H17ClO2. The number of ether oxygens (including phenoxy) is 2. The average molecular weight is 229 g/mol. The first-order valence-corrected chi connectivity index (χ1v) is 5.26. The Morgan fingerprint density at radius 1 is 1.27 bits per heavy atom. The Bertz CT molecular complexity index is 329. The molecule has 2 nitrogen and oxygen atoms in total. The summed E-state index contributed by atoms with van der Waals surface area (Å²) in [5.41, 5.74) is 0.863. The fourth-order valence-electron chi connectivity index (χ4n) is 1.13. The molecule has 3 heteroatoms. The van der Waals surface area contributed by atoms with Crippen molar-refractivity contribution in [3.8, 4) is 5.75 Å². The molecule has 0 bridgehead atoms. The largest absolute Gasteiger partial charge is 0.496 e. The first kappa shape index (κ1) is 12.3. The summed E-state index contributed by atoms with van der Waals surface area (Å²) in [6.07, 6.45) is 0. The van der Waals surface area contributed by atoms with Gasteiger partial charge in [-0.25, -0.2) is 0 Å². The van der Waals surface area contributed by atoms with Crippen LogP contribution in [-0.2, 0) is 11.3 Å². The highest BCUT2D eigenvalue weighted by atomic mass is 35.5. The second-order valence-corrected chi connectivity index (χ2v) is 4.79. The Kier molecular flexibility index (Phi) is 4.00. The van der Waals surface area contributed by atoms with Gasteiger partial charge in [-0.2, -0.15) is 0 Å². The summed E-state index contributed by atoms with van der Waals surface area (Å²) in [6.45, 7) is 6.60. The molecular weight excluding hydrogens is 212 g/mol. The first-order valence-electron chi connectivity index (χ1n) is 4.89. The van der Waals surface area contributed by atoms with Crippen molar-refractivity contribution in [2.75, 3.05) is 7.11 Å². The van der Waals surface area contributed by atoms with Crippen molar-refractivity contribution in [1.82, 2.24) is 0 Å². The summed E-state index contributed by atoms with van der Waals surface area (Å²) >= 11 is 5.86. The van der Waals surface area contributed by atoms with Crippen molar-refractivity contribution in [1.29, 1.82) is 0 Å². The van der Waals surface area contributed by atoms with E-state index in [-0.39, 0.29) is 5.60 Å². The van der Waals surface area contributed by atoms with E-state index in [4.69, 9.17) is 21.1 Å². The van der Waals surface area contributed by atoms with Crippen molar-refractivity contribution >= 4 is 11.6 Å². The van der Waals surface area contributed by atoms with E-state index in [2.05, 4.69) is 0 Å². The van der Waals surface area contributed by atoms with Crippen molar-refractivity contribution in [3.05, 3.63) is 28.8 Å². The Morgan fingerprint density at radius 3 is 2.47 bits per heavy atom. The van der Waals surface area contributed by atoms with E-state index in [0.29, 0.717) is 11.6 Å². The predicted octanol–water partition coefficient (Wildman–Crippen LogP) is 3.66. The Hall–Kier alpha value is -0.730. The molecule has 1 aromatic rings. The van der Waals surface area contributed by atoms with E-state index < -0.39 is 0 Å². The third-order valence-electron chi connectivity index (χ3n) is 1.91. The molecule has 0 aromatic heterocycles. The van der Waals surface area contributed by atoms with Gasteiger partial charge in [-0.05, 0) is 32.9 Å². The summed E-state index contributed by atoms with van der Waals surface area (Å²) < 4.78 is 10.9. The van der Waals surface area contributed by atoms with Crippen molar-refractivity contribution in [2.24, 2.45) is 0 Å². The molecule has 0 N–H and O–H groups in total. The van der Waals surface area contributed by atoms with Gasteiger partial charge in [0.25, 0.3) is 0 Å². The Balaban J connectivity index is 2.76. The van der Waals surface area contributed by atoms with Gasteiger partial charge in [-0.1, -0.05) is 17.7 Å². The Morgan fingerprint density at radius 2 is 1.93 bits per heavy atom. The van der Waals surface area contributed by atoms with E-state index in [1.165, 1.54) is 0 Å². The molecule has 84 valence electrons. The average Bonchev–Trinajstić information content (AvgIpc) is 2.14. The monoisotopic (exact) mass is 228 g/mol. The second kappa shape index (κ2) is 4.86. The highest BCUT2D eigenvalue weighted by molar-refractivity contribution is 6.30. The van der Waals surface area contributed by atoms with Gasteiger partial charge in [-0.15, -0.1) is 0 Å². The van der Waals surface area contributed by atoms with E-state index in [9.17, 15) is 0 Å². The molecule has 0 saturated heterocycles. The third-order valence-corrected chi connectivity index (χ3v) is 2.14. The van der Waals surface area contributed by atoms with Crippen LogP contribution in [0.15, 0.2) is 18.2 Å². The zero-order chi connectivity index (χ0) is 11.5. The van der Waals surface area contributed by atoms with Crippen molar-refractivity contribution in [2.45, 2.75) is 33.0 Å². The number of benzene rings is 1. The number of methoxy groups -OCH3 is 1. The normalized spacial score (nSPS) is 11.5. The molecule has 0 aliphatic rings.